The van der Waals surface area contributed by atoms with Gasteiger partial charge >= 0.3 is 0 Å². The van der Waals surface area contributed by atoms with Crippen molar-refractivity contribution in [2.45, 2.75) is 24.4 Å². The van der Waals surface area contributed by atoms with E-state index in [9.17, 15) is 24.5 Å². The van der Waals surface area contributed by atoms with Gasteiger partial charge in [-0.3, -0.25) is 24.5 Å². The molecule has 1 saturated heterocycles. The lowest BCUT2D eigenvalue weighted by molar-refractivity contribution is -0.384. The summed E-state index contributed by atoms with van der Waals surface area (Å²) in [5, 5.41) is 14.3. The molecule has 1 N–H and O–H groups in total. The topological polar surface area (TPSA) is 110 Å². The number of nitrogens with one attached hydrogen (secondary N) is 1. The van der Waals surface area contributed by atoms with E-state index in [1.807, 2.05) is 84.6 Å². The van der Waals surface area contributed by atoms with Crippen LogP contribution in [0.5, 0.6) is 0 Å². The van der Waals surface area contributed by atoms with E-state index < -0.39 is 28.3 Å². The first-order valence-corrected chi connectivity index (χ1v) is 13.7. The molecule has 8 heteroatoms. The average molecular weight is 556 g/mol. The zero-order valence-electron chi connectivity index (χ0n) is 22.6. The fraction of sp³-hybridized carbons (Fsp3) is 0.147. The number of ketones is 2. The van der Waals surface area contributed by atoms with Gasteiger partial charge in [0.25, 0.3) is 5.69 Å². The number of fused-ring (bicyclic) bond motifs is 6. The molecule has 7 rings (SSSR count). The number of para-hydroxylation sites is 2. The summed E-state index contributed by atoms with van der Waals surface area (Å²) in [6.45, 7) is 1.93. The van der Waals surface area contributed by atoms with E-state index in [2.05, 4.69) is 5.32 Å². The minimum absolute atomic E-state index is 0.144. The van der Waals surface area contributed by atoms with Gasteiger partial charge in [-0.15, -0.1) is 0 Å². The quantitative estimate of drug-likeness (QED) is 0.191. The maximum absolute atomic E-state index is 14.7. The zero-order valence-corrected chi connectivity index (χ0v) is 22.6. The van der Waals surface area contributed by atoms with Crippen molar-refractivity contribution in [1.29, 1.82) is 0 Å². The van der Waals surface area contributed by atoms with Gasteiger partial charge in [0.05, 0.1) is 16.9 Å². The number of hydrogen-bond acceptors (Lipinski definition) is 6. The van der Waals surface area contributed by atoms with Crippen LogP contribution in [0.4, 0.5) is 17.1 Å². The van der Waals surface area contributed by atoms with Crippen LogP contribution in [0.15, 0.2) is 103 Å². The molecular formula is C34H25N3O5. The number of non-ortho nitro benzene ring substituents is 1. The van der Waals surface area contributed by atoms with Crippen molar-refractivity contribution >= 4 is 40.6 Å². The highest BCUT2D eigenvalue weighted by Gasteiger charge is 2.70. The zero-order chi connectivity index (χ0) is 29.2. The molecule has 0 saturated carbocycles. The lowest BCUT2D eigenvalue weighted by Gasteiger charge is -2.37. The smallest absolute Gasteiger partial charge is 0.269 e. The molecule has 4 atom stereocenters. The molecule has 0 bridgehead atoms. The summed E-state index contributed by atoms with van der Waals surface area (Å²) >= 11 is 0. The third-order valence-electron chi connectivity index (χ3n) is 8.79. The van der Waals surface area contributed by atoms with Gasteiger partial charge in [-0.05, 0) is 42.3 Å². The summed E-state index contributed by atoms with van der Waals surface area (Å²) in [6, 6.07) is 25.8. The van der Waals surface area contributed by atoms with Crippen molar-refractivity contribution < 1.29 is 19.3 Å². The fourth-order valence-corrected chi connectivity index (χ4v) is 6.94. The Balaban J connectivity index is 1.51. The Morgan fingerprint density at radius 1 is 0.857 bits per heavy atom. The van der Waals surface area contributed by atoms with Crippen LogP contribution in [0.2, 0.25) is 0 Å². The van der Waals surface area contributed by atoms with Crippen LogP contribution in [-0.2, 0) is 10.2 Å². The third kappa shape index (κ3) is 3.51. The highest BCUT2D eigenvalue weighted by atomic mass is 16.6. The number of nitro groups is 1. The summed E-state index contributed by atoms with van der Waals surface area (Å²) in [5.41, 5.74) is 2.92. The minimum atomic E-state index is -1.41. The Morgan fingerprint density at radius 2 is 1.50 bits per heavy atom. The maximum Gasteiger partial charge on any atom is 0.269 e. The monoisotopic (exact) mass is 555 g/mol. The number of Topliss-reactive ketones (excluding diaryl/α,β-unsaturated/α-hetero) is 2. The first-order valence-electron chi connectivity index (χ1n) is 13.7. The van der Waals surface area contributed by atoms with Crippen molar-refractivity contribution in [1.82, 2.24) is 0 Å². The van der Waals surface area contributed by atoms with Crippen LogP contribution < -0.4 is 10.2 Å². The summed E-state index contributed by atoms with van der Waals surface area (Å²) in [6.07, 6.45) is 3.86. The molecule has 206 valence electrons. The van der Waals surface area contributed by atoms with Crippen molar-refractivity contribution in [2.24, 2.45) is 5.92 Å². The maximum atomic E-state index is 14.7. The number of nitrogens with zero attached hydrogens (tertiary/aromatic N) is 2. The molecule has 0 aliphatic carbocycles. The van der Waals surface area contributed by atoms with Crippen molar-refractivity contribution in [3.05, 3.63) is 141 Å². The number of carbonyl (C=O) groups excluding carboxylic acids is 3. The second-order valence-electron chi connectivity index (χ2n) is 11.0. The number of hydrogen-bond donors (Lipinski definition) is 1. The molecule has 3 heterocycles. The molecule has 1 spiro atoms. The minimum Gasteiger partial charge on any atom is -0.352 e. The number of anilines is 2. The lowest BCUT2D eigenvalue weighted by Crippen LogP contribution is -2.51. The Bertz CT molecular complexity index is 1830. The summed E-state index contributed by atoms with van der Waals surface area (Å²) < 4.78 is 0. The molecule has 1 fully saturated rings. The molecule has 1 amide bonds. The molecule has 42 heavy (non-hydrogen) atoms. The Morgan fingerprint density at radius 3 is 2.24 bits per heavy atom. The van der Waals surface area contributed by atoms with E-state index in [1.54, 1.807) is 12.1 Å². The lowest BCUT2D eigenvalue weighted by atomic mass is 9.64. The number of benzene rings is 4. The number of carbonyl (C=O) groups is 3. The first kappa shape index (κ1) is 25.6. The van der Waals surface area contributed by atoms with E-state index in [-0.39, 0.29) is 28.7 Å². The number of aryl methyl sites for hydroxylation is 1. The fourth-order valence-electron chi connectivity index (χ4n) is 6.94. The SMILES string of the molecule is Cc1ccc(C(=O)[C@@H]2[C@@H](C(=O)c3ccc([N+](=O)[O-])cc3)N3c4ccccc4C=C[C@@H]3[C@]23C(=O)Nc2ccccc23)cc1. The van der Waals surface area contributed by atoms with Gasteiger partial charge in [-0.2, -0.15) is 0 Å². The van der Waals surface area contributed by atoms with Crippen LogP contribution in [0, 0.1) is 23.0 Å². The van der Waals surface area contributed by atoms with Crippen LogP contribution in [0.25, 0.3) is 6.08 Å². The van der Waals surface area contributed by atoms with Crippen LogP contribution >= 0.6 is 0 Å². The van der Waals surface area contributed by atoms with Gasteiger partial charge < -0.3 is 10.2 Å². The molecule has 3 aliphatic rings. The largest absolute Gasteiger partial charge is 0.352 e. The molecule has 4 aromatic carbocycles. The van der Waals surface area contributed by atoms with Gasteiger partial charge in [0.2, 0.25) is 5.91 Å². The van der Waals surface area contributed by atoms with Gasteiger partial charge in [0.1, 0.15) is 11.5 Å². The number of rotatable bonds is 5. The highest BCUT2D eigenvalue weighted by Crippen LogP contribution is 2.58. The van der Waals surface area contributed by atoms with Gasteiger partial charge in [-0.25, -0.2) is 0 Å². The van der Waals surface area contributed by atoms with Crippen molar-refractivity contribution in [3.63, 3.8) is 0 Å². The number of amides is 1. The number of nitro benzene ring substituents is 1. The molecule has 0 unspecified atom stereocenters. The highest BCUT2D eigenvalue weighted by molar-refractivity contribution is 6.18. The summed E-state index contributed by atoms with van der Waals surface area (Å²) in [5.74, 6) is -2.15. The summed E-state index contributed by atoms with van der Waals surface area (Å²) in [4.78, 5) is 56.4. The first-order chi connectivity index (χ1) is 20.3. The standard InChI is InChI=1S/C34H25N3O5/c1-20-10-12-22(13-11-20)31(38)29-30(32(39)23-14-17-24(18-15-23)37(41)42)36-27-9-5-2-6-21(27)16-19-28(36)34(29)25-7-3-4-8-26(25)35-33(34)40/h2-19,28-30H,1H3,(H,35,40)/t28-,29+,30+,34+/m1/s1. The van der Waals surface area contributed by atoms with Gasteiger partial charge in [-0.1, -0.05) is 78.4 Å². The molecule has 8 nitrogen and oxygen atoms in total. The predicted molar refractivity (Wildman–Crippen MR) is 159 cm³/mol. The van der Waals surface area contributed by atoms with Crippen LogP contribution in [0.1, 0.15) is 37.4 Å². The second-order valence-corrected chi connectivity index (χ2v) is 11.0. The van der Waals surface area contributed by atoms with Crippen LogP contribution in [0.3, 0.4) is 0 Å². The predicted octanol–water partition coefficient (Wildman–Crippen LogP) is 5.76. The van der Waals surface area contributed by atoms with Crippen LogP contribution in [-0.4, -0.2) is 34.5 Å². The van der Waals surface area contributed by atoms with Gasteiger partial charge in [0.15, 0.2) is 11.6 Å². The van der Waals surface area contributed by atoms with Gasteiger partial charge in [0, 0.05) is 34.6 Å². The molecule has 3 aliphatic heterocycles. The second kappa shape index (κ2) is 9.34. The van der Waals surface area contributed by atoms with E-state index in [1.165, 1.54) is 24.3 Å². The van der Waals surface area contributed by atoms with Crippen molar-refractivity contribution in [3.8, 4) is 0 Å². The Hall–Kier alpha value is -5.37. The van der Waals surface area contributed by atoms with E-state index in [4.69, 9.17) is 0 Å². The normalized spacial score (nSPS) is 23.2. The average Bonchev–Trinajstić information content (AvgIpc) is 3.49. The van der Waals surface area contributed by atoms with E-state index >= 15 is 0 Å². The Labute approximate surface area is 241 Å². The Kier molecular flexibility index (Phi) is 5.69. The molecule has 0 radical (unpaired) electrons. The van der Waals surface area contributed by atoms with E-state index in [0.29, 0.717) is 16.8 Å². The van der Waals surface area contributed by atoms with Crippen molar-refractivity contribution in [2.75, 3.05) is 10.2 Å². The molecule has 0 aromatic heterocycles. The molecular weight excluding hydrogens is 530 g/mol. The van der Waals surface area contributed by atoms with E-state index in [0.717, 1.165) is 16.8 Å². The molecule has 4 aromatic rings. The third-order valence-corrected chi connectivity index (χ3v) is 8.79. The summed E-state index contributed by atoms with van der Waals surface area (Å²) in [7, 11) is 0.